The lowest BCUT2D eigenvalue weighted by Gasteiger charge is -2.13. The first-order valence-corrected chi connectivity index (χ1v) is 8.65. The molecular weight excluding hydrogens is 320 g/mol. The minimum Gasteiger partial charge on any atom is -0.493 e. The number of nitrogens with zero attached hydrogens (tertiary/aromatic N) is 1. The van der Waals surface area contributed by atoms with Gasteiger partial charge >= 0.3 is 0 Å². The fraction of sp³-hybridized carbons (Fsp3) is 0.556. The molecule has 25 heavy (non-hydrogen) atoms. The molecule has 0 aliphatic heterocycles. The zero-order chi connectivity index (χ0) is 18.3. The molecule has 0 saturated heterocycles. The second-order valence-electron chi connectivity index (χ2n) is 5.45. The van der Waals surface area contributed by atoms with Crippen LogP contribution in [0.5, 0.6) is 5.75 Å². The van der Waals surface area contributed by atoms with Gasteiger partial charge in [0.15, 0.2) is 5.96 Å². The van der Waals surface area contributed by atoms with Crippen LogP contribution in [0.25, 0.3) is 0 Å². The normalized spacial score (nSPS) is 11.1. The fourth-order valence-electron chi connectivity index (χ4n) is 2.02. The molecule has 0 radical (unpaired) electrons. The monoisotopic (exact) mass is 350 g/mol. The Kier molecular flexibility index (Phi) is 10.8. The van der Waals surface area contributed by atoms with Crippen LogP contribution in [0.15, 0.2) is 29.3 Å². The fourth-order valence-corrected chi connectivity index (χ4v) is 2.02. The molecule has 0 heterocycles. The molecule has 0 unspecified atom stereocenters. The van der Waals surface area contributed by atoms with Crippen LogP contribution in [0.2, 0.25) is 0 Å². The lowest BCUT2D eigenvalue weighted by atomic mass is 10.3. The molecule has 0 bridgehead atoms. The predicted molar refractivity (Wildman–Crippen MR) is 101 cm³/mol. The molecule has 7 nitrogen and oxygen atoms in total. The summed E-state index contributed by atoms with van der Waals surface area (Å²) in [5.74, 6) is 1.44. The van der Waals surface area contributed by atoms with Gasteiger partial charge in [-0.25, -0.2) is 0 Å². The zero-order valence-electron chi connectivity index (χ0n) is 15.4. The summed E-state index contributed by atoms with van der Waals surface area (Å²) in [6.45, 7) is 4.54. The molecule has 140 valence electrons. The molecule has 0 atom stereocenters. The van der Waals surface area contributed by atoms with Gasteiger partial charge in [0.05, 0.1) is 6.61 Å². The van der Waals surface area contributed by atoms with Crippen LogP contribution >= 0.6 is 0 Å². The summed E-state index contributed by atoms with van der Waals surface area (Å²) in [7, 11) is 3.37. The van der Waals surface area contributed by atoms with Crippen molar-refractivity contribution in [3.8, 4) is 5.75 Å². The van der Waals surface area contributed by atoms with E-state index in [1.54, 1.807) is 14.2 Å². The van der Waals surface area contributed by atoms with Crippen LogP contribution in [0.3, 0.4) is 0 Å². The summed E-state index contributed by atoms with van der Waals surface area (Å²) in [6.07, 6.45) is 2.19. The molecule has 1 amide bonds. The summed E-state index contributed by atoms with van der Waals surface area (Å²) in [5.41, 5.74) is 0.868. The topological polar surface area (TPSA) is 84.0 Å². The number of anilines is 1. The number of amides is 1. The number of guanidine groups is 1. The van der Waals surface area contributed by atoms with Crippen molar-refractivity contribution in [1.29, 1.82) is 0 Å². The Morgan fingerprint density at radius 1 is 1.20 bits per heavy atom. The number of carbonyl (C=O) groups excluding carboxylic acids is 1. The summed E-state index contributed by atoms with van der Waals surface area (Å²) < 4.78 is 10.7. The molecule has 1 rings (SSSR count). The second kappa shape index (κ2) is 13.1. The average molecular weight is 350 g/mol. The zero-order valence-corrected chi connectivity index (χ0v) is 15.4. The van der Waals surface area contributed by atoms with E-state index in [4.69, 9.17) is 9.47 Å². The number of benzene rings is 1. The van der Waals surface area contributed by atoms with Gasteiger partial charge in [-0.05, 0) is 18.6 Å². The van der Waals surface area contributed by atoms with Crippen LogP contribution in [0, 0.1) is 0 Å². The van der Waals surface area contributed by atoms with E-state index >= 15 is 0 Å². The van der Waals surface area contributed by atoms with Gasteiger partial charge in [-0.15, -0.1) is 0 Å². The van der Waals surface area contributed by atoms with E-state index in [1.165, 1.54) is 0 Å². The summed E-state index contributed by atoms with van der Waals surface area (Å²) in [4.78, 5) is 15.7. The molecule has 0 aliphatic carbocycles. The minimum absolute atomic E-state index is 0.0382. The molecule has 0 aliphatic rings. The van der Waals surface area contributed by atoms with Crippen molar-refractivity contribution in [2.75, 3.05) is 45.8 Å². The van der Waals surface area contributed by atoms with E-state index < -0.39 is 0 Å². The number of nitrogens with one attached hydrogen (secondary N) is 3. The molecule has 1 aromatic carbocycles. The molecule has 3 N–H and O–H groups in total. The first-order valence-electron chi connectivity index (χ1n) is 8.65. The highest BCUT2D eigenvalue weighted by Crippen LogP contribution is 2.17. The van der Waals surface area contributed by atoms with Gasteiger partial charge in [-0.2, -0.15) is 0 Å². The Morgan fingerprint density at radius 3 is 2.76 bits per heavy atom. The van der Waals surface area contributed by atoms with Gasteiger partial charge in [0.1, 0.15) is 5.75 Å². The summed E-state index contributed by atoms with van der Waals surface area (Å²) in [5, 5.41) is 9.16. The predicted octanol–water partition coefficient (Wildman–Crippen LogP) is 2.01. The van der Waals surface area contributed by atoms with E-state index in [2.05, 4.69) is 20.9 Å². The van der Waals surface area contributed by atoms with Gasteiger partial charge in [-0.1, -0.05) is 13.0 Å². The second-order valence-corrected chi connectivity index (χ2v) is 5.45. The average Bonchev–Trinajstić information content (AvgIpc) is 2.63. The van der Waals surface area contributed by atoms with E-state index in [0.717, 1.165) is 24.3 Å². The van der Waals surface area contributed by atoms with Crippen LogP contribution in [0.1, 0.15) is 26.2 Å². The van der Waals surface area contributed by atoms with Crippen molar-refractivity contribution in [2.45, 2.75) is 26.2 Å². The highest BCUT2D eigenvalue weighted by Gasteiger charge is 2.03. The maximum absolute atomic E-state index is 11.6. The van der Waals surface area contributed by atoms with Crippen molar-refractivity contribution in [3.63, 3.8) is 0 Å². The highest BCUT2D eigenvalue weighted by atomic mass is 16.5. The summed E-state index contributed by atoms with van der Waals surface area (Å²) >= 11 is 0. The molecule has 0 aromatic heterocycles. The van der Waals surface area contributed by atoms with Gasteiger partial charge < -0.3 is 25.4 Å². The smallest absolute Gasteiger partial charge is 0.221 e. The molecule has 1 aromatic rings. The Balaban J connectivity index is 2.40. The molecule has 0 spiro atoms. The third-order valence-electron chi connectivity index (χ3n) is 3.30. The maximum Gasteiger partial charge on any atom is 0.221 e. The van der Waals surface area contributed by atoms with Crippen molar-refractivity contribution in [2.24, 2.45) is 4.99 Å². The number of methoxy groups -OCH3 is 1. The van der Waals surface area contributed by atoms with E-state index in [1.807, 2.05) is 31.2 Å². The van der Waals surface area contributed by atoms with Crippen LogP contribution < -0.4 is 20.7 Å². The molecular formula is C18H30N4O3. The number of hydrogen-bond acceptors (Lipinski definition) is 4. The van der Waals surface area contributed by atoms with E-state index in [0.29, 0.717) is 38.7 Å². The lowest BCUT2D eigenvalue weighted by Crippen LogP contribution is -2.34. The van der Waals surface area contributed by atoms with Crippen LogP contribution in [-0.4, -0.2) is 52.3 Å². The standard InChI is InChI=1S/C18H30N4O3/c1-4-10-20-17(23)9-11-21-18(19-2)22-15-7-5-8-16(14-15)25-13-6-12-24-3/h5,7-8,14H,4,6,9-13H2,1-3H3,(H,20,23)(H2,19,21,22). The Bertz CT molecular complexity index is 535. The largest absolute Gasteiger partial charge is 0.493 e. The minimum atomic E-state index is 0.0382. The third kappa shape index (κ3) is 9.56. The Labute approximate surface area is 150 Å². The van der Waals surface area contributed by atoms with Gasteiger partial charge in [0.2, 0.25) is 5.91 Å². The SMILES string of the molecule is CCCNC(=O)CCNC(=NC)Nc1cccc(OCCCOC)c1. The van der Waals surface area contributed by atoms with E-state index in [9.17, 15) is 4.79 Å². The number of aliphatic imine (C=N–C) groups is 1. The number of carbonyl (C=O) groups is 1. The van der Waals surface area contributed by atoms with Gasteiger partial charge in [0.25, 0.3) is 0 Å². The number of ether oxygens (including phenoxy) is 2. The van der Waals surface area contributed by atoms with Crippen LogP contribution in [-0.2, 0) is 9.53 Å². The first-order chi connectivity index (χ1) is 12.2. The highest BCUT2D eigenvalue weighted by molar-refractivity contribution is 5.93. The van der Waals surface area contributed by atoms with Crippen molar-refractivity contribution in [1.82, 2.24) is 10.6 Å². The molecule has 7 heteroatoms. The quantitative estimate of drug-likeness (QED) is 0.323. The molecule has 0 fully saturated rings. The van der Waals surface area contributed by atoms with Crippen molar-refractivity contribution < 1.29 is 14.3 Å². The number of hydrogen-bond donors (Lipinski definition) is 3. The van der Waals surface area contributed by atoms with Gasteiger partial charge in [0, 0.05) is 58.4 Å². The van der Waals surface area contributed by atoms with Gasteiger partial charge in [-0.3, -0.25) is 9.79 Å². The summed E-state index contributed by atoms with van der Waals surface area (Å²) in [6, 6.07) is 7.67. The lowest BCUT2D eigenvalue weighted by molar-refractivity contribution is -0.120. The Morgan fingerprint density at radius 2 is 2.04 bits per heavy atom. The van der Waals surface area contributed by atoms with Crippen LogP contribution in [0.4, 0.5) is 5.69 Å². The third-order valence-corrected chi connectivity index (χ3v) is 3.30. The first kappa shape index (κ1) is 20.8. The van der Waals surface area contributed by atoms with Crippen molar-refractivity contribution >= 4 is 17.6 Å². The molecule has 0 saturated carbocycles. The number of rotatable bonds is 11. The maximum atomic E-state index is 11.6. The van der Waals surface area contributed by atoms with E-state index in [-0.39, 0.29) is 5.91 Å². The Hall–Kier alpha value is -2.28. The van der Waals surface area contributed by atoms with Crippen molar-refractivity contribution in [3.05, 3.63) is 24.3 Å².